The number of aromatic amines is 1. The molecular weight excluding hydrogens is 309 g/mol. The quantitative estimate of drug-likeness (QED) is 0.886. The Kier molecular flexibility index (Phi) is 4.64. The number of hydrogen-bond donors (Lipinski definition) is 2. The van der Waals surface area contributed by atoms with E-state index in [1.807, 2.05) is 4.72 Å². The third-order valence-corrected chi connectivity index (χ3v) is 3.89. The lowest BCUT2D eigenvalue weighted by Gasteiger charge is -2.15. The van der Waals surface area contributed by atoms with E-state index in [4.69, 9.17) is 11.6 Å². The van der Waals surface area contributed by atoms with Crippen LogP contribution in [0.4, 0.5) is 13.2 Å². The van der Waals surface area contributed by atoms with Crippen molar-refractivity contribution in [3.8, 4) is 0 Å². The van der Waals surface area contributed by atoms with Crippen molar-refractivity contribution in [3.63, 3.8) is 0 Å². The molecule has 1 aromatic rings. The van der Waals surface area contributed by atoms with Crippen LogP contribution in [0.1, 0.15) is 13.3 Å². The van der Waals surface area contributed by atoms with Crippen molar-refractivity contribution in [2.45, 2.75) is 30.5 Å². The van der Waals surface area contributed by atoms with Gasteiger partial charge in [-0.05, 0) is 13.0 Å². The Morgan fingerprint density at radius 1 is 1.47 bits per heavy atom. The highest BCUT2D eigenvalue weighted by Crippen LogP contribution is 2.22. The number of pyridine rings is 1. The fourth-order valence-corrected chi connectivity index (χ4v) is 2.79. The van der Waals surface area contributed by atoms with Gasteiger partial charge in [0.05, 0.1) is 11.3 Å². The average Bonchev–Trinajstić information content (AvgIpc) is 2.17. The van der Waals surface area contributed by atoms with Crippen LogP contribution in [0.25, 0.3) is 0 Å². The molecule has 1 rings (SSSR count). The summed E-state index contributed by atoms with van der Waals surface area (Å²) in [6.07, 6.45) is -4.93. The van der Waals surface area contributed by atoms with E-state index in [9.17, 15) is 26.4 Å². The summed E-state index contributed by atoms with van der Waals surface area (Å²) in [6.45, 7) is 1.08. The monoisotopic (exact) mass is 318 g/mol. The molecule has 0 aromatic carbocycles. The van der Waals surface area contributed by atoms with Gasteiger partial charge in [-0.15, -0.1) is 0 Å². The average molecular weight is 319 g/mol. The zero-order valence-corrected chi connectivity index (χ0v) is 11.2. The molecule has 2 N–H and O–H groups in total. The molecule has 0 saturated carbocycles. The lowest BCUT2D eigenvalue weighted by Crippen LogP contribution is -2.36. The lowest BCUT2D eigenvalue weighted by molar-refractivity contribution is -0.137. The molecule has 0 bridgehead atoms. The zero-order chi connectivity index (χ0) is 14.8. The predicted octanol–water partition coefficient (Wildman–Crippen LogP) is 1.65. The van der Waals surface area contributed by atoms with Crippen LogP contribution >= 0.6 is 11.6 Å². The van der Waals surface area contributed by atoms with Gasteiger partial charge in [0, 0.05) is 12.2 Å². The summed E-state index contributed by atoms with van der Waals surface area (Å²) in [5, 5.41) is -0.369. The van der Waals surface area contributed by atoms with E-state index in [1.165, 1.54) is 0 Å². The molecule has 0 aliphatic rings. The second-order valence-corrected chi connectivity index (χ2v) is 5.98. The Labute approximate surface area is 111 Å². The number of halogens is 4. The van der Waals surface area contributed by atoms with Crippen molar-refractivity contribution in [2.24, 2.45) is 0 Å². The van der Waals surface area contributed by atoms with E-state index in [1.54, 1.807) is 0 Å². The molecule has 10 heteroatoms. The van der Waals surface area contributed by atoms with Crippen LogP contribution in [-0.2, 0) is 10.0 Å². The number of hydrogen-bond acceptors (Lipinski definition) is 3. The molecule has 0 aliphatic heterocycles. The van der Waals surface area contributed by atoms with Gasteiger partial charge < -0.3 is 4.98 Å². The Bertz CT molecular complexity index is 612. The number of H-pyrrole nitrogens is 1. The van der Waals surface area contributed by atoms with Crippen molar-refractivity contribution in [1.82, 2.24) is 9.71 Å². The summed E-state index contributed by atoms with van der Waals surface area (Å²) in [6, 6.07) is -0.473. The second-order valence-electron chi connectivity index (χ2n) is 3.85. The molecule has 0 radical (unpaired) electrons. The van der Waals surface area contributed by atoms with Gasteiger partial charge in [0.15, 0.2) is 0 Å². The molecular formula is C9H10ClF3N2O3S. The van der Waals surface area contributed by atoms with Gasteiger partial charge in [-0.3, -0.25) is 4.79 Å². The van der Waals surface area contributed by atoms with Crippen LogP contribution in [0.3, 0.4) is 0 Å². The minimum atomic E-state index is -4.48. The zero-order valence-electron chi connectivity index (χ0n) is 9.58. The first-order valence-electron chi connectivity index (χ1n) is 4.98. The fourth-order valence-electron chi connectivity index (χ4n) is 1.31. The van der Waals surface area contributed by atoms with Gasteiger partial charge in [0.2, 0.25) is 10.0 Å². The standard InChI is InChI=1S/C9H10ClF3N2O3S/c1-5(3-9(11,12)13)15-19(17,18)6-2-7(10)8(16)14-4-6/h2,4-5,15H,3H2,1H3,(H,14,16). The van der Waals surface area contributed by atoms with Crippen LogP contribution < -0.4 is 10.3 Å². The molecule has 1 unspecified atom stereocenters. The fraction of sp³-hybridized carbons (Fsp3) is 0.444. The van der Waals surface area contributed by atoms with Crippen molar-refractivity contribution < 1.29 is 21.6 Å². The van der Waals surface area contributed by atoms with Crippen LogP contribution in [0, 0.1) is 0 Å². The summed E-state index contributed by atoms with van der Waals surface area (Å²) < 4.78 is 61.6. The first kappa shape index (κ1) is 16.0. The molecule has 0 spiro atoms. The minimum absolute atomic E-state index is 0.369. The van der Waals surface area contributed by atoms with Gasteiger partial charge in [0.1, 0.15) is 5.02 Å². The maximum atomic E-state index is 12.1. The first-order valence-corrected chi connectivity index (χ1v) is 6.85. The van der Waals surface area contributed by atoms with Crippen molar-refractivity contribution in [2.75, 3.05) is 0 Å². The molecule has 19 heavy (non-hydrogen) atoms. The minimum Gasteiger partial charge on any atom is -0.326 e. The Hall–Kier alpha value is -1.06. The van der Waals surface area contributed by atoms with Crippen LogP contribution in [0.5, 0.6) is 0 Å². The first-order chi connectivity index (χ1) is 8.51. The van der Waals surface area contributed by atoms with E-state index < -0.39 is 39.1 Å². The van der Waals surface area contributed by atoms with Crippen LogP contribution in [0.15, 0.2) is 22.0 Å². The number of nitrogens with one attached hydrogen (secondary N) is 2. The number of alkyl halides is 3. The van der Waals surface area contributed by atoms with Gasteiger partial charge in [0.25, 0.3) is 5.56 Å². The van der Waals surface area contributed by atoms with Crippen LogP contribution in [-0.4, -0.2) is 25.6 Å². The Morgan fingerprint density at radius 3 is 2.53 bits per heavy atom. The summed E-state index contributed by atoms with van der Waals surface area (Å²) in [5.41, 5.74) is -0.691. The highest BCUT2D eigenvalue weighted by atomic mass is 35.5. The molecule has 0 fully saturated rings. The lowest BCUT2D eigenvalue weighted by atomic mass is 10.2. The van der Waals surface area contributed by atoms with Gasteiger partial charge >= 0.3 is 6.18 Å². The summed E-state index contributed by atoms with van der Waals surface area (Å²) in [5.74, 6) is 0. The topological polar surface area (TPSA) is 79.0 Å². The predicted molar refractivity (Wildman–Crippen MR) is 62.5 cm³/mol. The summed E-state index contributed by atoms with van der Waals surface area (Å²) in [4.78, 5) is 12.6. The van der Waals surface area contributed by atoms with E-state index in [2.05, 4.69) is 4.98 Å². The number of sulfonamides is 1. The third kappa shape index (κ3) is 4.84. The van der Waals surface area contributed by atoms with Crippen LogP contribution in [0.2, 0.25) is 5.02 Å². The molecule has 0 saturated heterocycles. The molecule has 5 nitrogen and oxygen atoms in total. The van der Waals surface area contributed by atoms with E-state index in [0.717, 1.165) is 19.2 Å². The Balaban J connectivity index is 2.92. The van der Waals surface area contributed by atoms with E-state index in [-0.39, 0.29) is 5.02 Å². The van der Waals surface area contributed by atoms with Crippen molar-refractivity contribution in [1.29, 1.82) is 0 Å². The van der Waals surface area contributed by atoms with Gasteiger partial charge in [-0.1, -0.05) is 11.6 Å². The molecule has 1 atom stereocenters. The molecule has 1 aromatic heterocycles. The molecule has 0 amide bonds. The van der Waals surface area contributed by atoms with Gasteiger partial charge in [-0.2, -0.15) is 13.2 Å². The van der Waals surface area contributed by atoms with Gasteiger partial charge in [-0.25, -0.2) is 13.1 Å². The SMILES string of the molecule is CC(CC(F)(F)F)NS(=O)(=O)c1c[nH]c(=O)c(Cl)c1. The molecule has 108 valence electrons. The van der Waals surface area contributed by atoms with Crippen molar-refractivity contribution >= 4 is 21.6 Å². The normalized spacial score (nSPS) is 14.4. The number of rotatable bonds is 4. The second kappa shape index (κ2) is 5.51. The largest absolute Gasteiger partial charge is 0.390 e. The summed E-state index contributed by atoms with van der Waals surface area (Å²) >= 11 is 5.45. The molecule has 1 heterocycles. The Morgan fingerprint density at radius 2 is 2.05 bits per heavy atom. The van der Waals surface area contributed by atoms with Crippen molar-refractivity contribution in [3.05, 3.63) is 27.6 Å². The number of aromatic nitrogens is 1. The molecule has 0 aliphatic carbocycles. The summed E-state index contributed by atoms with van der Waals surface area (Å²) in [7, 11) is -4.18. The van der Waals surface area contributed by atoms with E-state index >= 15 is 0 Å². The highest BCUT2D eigenvalue weighted by Gasteiger charge is 2.32. The highest BCUT2D eigenvalue weighted by molar-refractivity contribution is 7.89. The third-order valence-electron chi connectivity index (χ3n) is 2.04. The maximum Gasteiger partial charge on any atom is 0.390 e. The van der Waals surface area contributed by atoms with E-state index in [0.29, 0.717) is 0 Å². The smallest absolute Gasteiger partial charge is 0.326 e. The maximum absolute atomic E-state index is 12.1.